The van der Waals surface area contributed by atoms with Gasteiger partial charge in [-0.1, -0.05) is 0 Å². The lowest BCUT2D eigenvalue weighted by molar-refractivity contribution is -0.136. The second-order valence-electron chi connectivity index (χ2n) is 3.80. The van der Waals surface area contributed by atoms with Crippen molar-refractivity contribution in [3.63, 3.8) is 0 Å². The molecule has 92 valence electrons. The summed E-state index contributed by atoms with van der Waals surface area (Å²) >= 11 is 0. The minimum atomic E-state index is -0.871. The van der Waals surface area contributed by atoms with Crippen LogP contribution >= 0.6 is 0 Å². The number of halogens is 1. The molecule has 0 radical (unpaired) electrons. The van der Waals surface area contributed by atoms with Crippen molar-refractivity contribution in [2.45, 2.75) is 12.8 Å². The summed E-state index contributed by atoms with van der Waals surface area (Å²) in [5.41, 5.74) is 2.14. The highest BCUT2D eigenvalue weighted by molar-refractivity contribution is 5.68. The molecule has 1 heterocycles. The fourth-order valence-electron chi connectivity index (χ4n) is 1.65. The van der Waals surface area contributed by atoms with E-state index in [1.165, 1.54) is 18.5 Å². The van der Waals surface area contributed by atoms with E-state index in [0.29, 0.717) is 12.1 Å². The van der Waals surface area contributed by atoms with Crippen LogP contribution in [0.2, 0.25) is 0 Å². The van der Waals surface area contributed by atoms with Gasteiger partial charge in [-0.2, -0.15) is 0 Å². The SMILES string of the molecule is O=C(O)CCc1cncnc1-c1ccc(F)cc1. The molecule has 0 aliphatic carbocycles. The number of rotatable bonds is 4. The lowest BCUT2D eigenvalue weighted by Crippen LogP contribution is -2.01. The van der Waals surface area contributed by atoms with Crippen molar-refractivity contribution in [2.75, 3.05) is 0 Å². The van der Waals surface area contributed by atoms with Crippen LogP contribution in [0, 0.1) is 5.82 Å². The summed E-state index contributed by atoms with van der Waals surface area (Å²) in [7, 11) is 0. The average molecular weight is 246 g/mol. The number of aryl methyl sites for hydroxylation is 1. The summed E-state index contributed by atoms with van der Waals surface area (Å²) in [5, 5.41) is 8.68. The van der Waals surface area contributed by atoms with Crippen LogP contribution < -0.4 is 0 Å². The Morgan fingerprint density at radius 3 is 2.67 bits per heavy atom. The molecule has 0 spiro atoms. The van der Waals surface area contributed by atoms with E-state index in [1.54, 1.807) is 18.3 Å². The van der Waals surface area contributed by atoms with E-state index in [1.807, 2.05) is 0 Å². The zero-order valence-corrected chi connectivity index (χ0v) is 9.51. The summed E-state index contributed by atoms with van der Waals surface area (Å²) < 4.78 is 12.8. The van der Waals surface area contributed by atoms with Crippen LogP contribution in [-0.2, 0) is 11.2 Å². The first-order valence-corrected chi connectivity index (χ1v) is 5.43. The summed E-state index contributed by atoms with van der Waals surface area (Å²) in [4.78, 5) is 18.6. The number of nitrogens with zero attached hydrogens (tertiary/aromatic N) is 2. The summed E-state index contributed by atoms with van der Waals surface area (Å²) in [6, 6.07) is 5.92. The molecular formula is C13H11FN2O2. The standard InChI is InChI=1S/C13H11FN2O2/c14-11-4-1-9(2-5-11)13-10(3-6-12(17)18)7-15-8-16-13/h1-2,4-5,7-8H,3,6H2,(H,17,18). The van der Waals surface area contributed by atoms with Crippen molar-refractivity contribution in [3.8, 4) is 11.3 Å². The van der Waals surface area contributed by atoms with E-state index >= 15 is 0 Å². The monoisotopic (exact) mass is 246 g/mol. The smallest absolute Gasteiger partial charge is 0.303 e. The Bertz CT molecular complexity index is 555. The maximum atomic E-state index is 12.8. The Labute approximate surface area is 103 Å². The largest absolute Gasteiger partial charge is 0.481 e. The van der Waals surface area contributed by atoms with Gasteiger partial charge in [0.2, 0.25) is 0 Å². The first-order valence-electron chi connectivity index (χ1n) is 5.43. The van der Waals surface area contributed by atoms with Gasteiger partial charge in [-0.15, -0.1) is 0 Å². The molecule has 0 saturated heterocycles. The number of aromatic nitrogens is 2. The highest BCUT2D eigenvalue weighted by atomic mass is 19.1. The van der Waals surface area contributed by atoms with Crippen LogP contribution in [0.25, 0.3) is 11.3 Å². The number of benzene rings is 1. The van der Waals surface area contributed by atoms with Crippen LogP contribution in [-0.4, -0.2) is 21.0 Å². The zero-order chi connectivity index (χ0) is 13.0. The highest BCUT2D eigenvalue weighted by Gasteiger charge is 2.08. The van der Waals surface area contributed by atoms with E-state index in [4.69, 9.17) is 5.11 Å². The molecule has 1 aromatic heterocycles. The van der Waals surface area contributed by atoms with Gasteiger partial charge in [0.1, 0.15) is 12.1 Å². The van der Waals surface area contributed by atoms with E-state index in [0.717, 1.165) is 11.1 Å². The first-order chi connectivity index (χ1) is 8.66. The Kier molecular flexibility index (Phi) is 3.62. The van der Waals surface area contributed by atoms with Crippen LogP contribution in [0.3, 0.4) is 0 Å². The first kappa shape index (κ1) is 12.2. The quantitative estimate of drug-likeness (QED) is 0.899. The van der Waals surface area contributed by atoms with Crippen molar-refractivity contribution in [1.29, 1.82) is 0 Å². The fourth-order valence-corrected chi connectivity index (χ4v) is 1.65. The van der Waals surface area contributed by atoms with Gasteiger partial charge in [-0.3, -0.25) is 4.79 Å². The number of carbonyl (C=O) groups is 1. The number of hydrogen-bond acceptors (Lipinski definition) is 3. The number of aliphatic carboxylic acids is 1. The summed E-state index contributed by atoms with van der Waals surface area (Å²) in [6.07, 6.45) is 3.35. The van der Waals surface area contributed by atoms with Gasteiger partial charge in [0.15, 0.2) is 0 Å². The third kappa shape index (κ3) is 2.88. The van der Waals surface area contributed by atoms with Gasteiger partial charge in [-0.25, -0.2) is 14.4 Å². The molecule has 0 amide bonds. The van der Waals surface area contributed by atoms with Gasteiger partial charge in [0, 0.05) is 18.2 Å². The van der Waals surface area contributed by atoms with Crippen LogP contribution in [0.1, 0.15) is 12.0 Å². The Balaban J connectivity index is 2.32. The van der Waals surface area contributed by atoms with Crippen LogP contribution in [0.5, 0.6) is 0 Å². The minimum absolute atomic E-state index is 0.0154. The van der Waals surface area contributed by atoms with E-state index in [-0.39, 0.29) is 12.2 Å². The lowest BCUT2D eigenvalue weighted by atomic mass is 10.0. The number of carboxylic acids is 1. The van der Waals surface area contributed by atoms with Crippen molar-refractivity contribution in [2.24, 2.45) is 0 Å². The molecule has 0 bridgehead atoms. The maximum Gasteiger partial charge on any atom is 0.303 e. The Morgan fingerprint density at radius 1 is 1.28 bits per heavy atom. The number of carboxylic acid groups (broad SMARTS) is 1. The van der Waals surface area contributed by atoms with Crippen molar-refractivity contribution < 1.29 is 14.3 Å². The van der Waals surface area contributed by atoms with Gasteiger partial charge in [-0.05, 0) is 36.2 Å². The van der Waals surface area contributed by atoms with Gasteiger partial charge in [0.25, 0.3) is 0 Å². The molecule has 5 heteroatoms. The fraction of sp³-hybridized carbons (Fsp3) is 0.154. The van der Waals surface area contributed by atoms with Gasteiger partial charge in [0.05, 0.1) is 5.69 Å². The molecule has 4 nitrogen and oxygen atoms in total. The predicted octanol–water partition coefficient (Wildman–Crippen LogP) is 2.30. The maximum absolute atomic E-state index is 12.8. The second kappa shape index (κ2) is 5.35. The lowest BCUT2D eigenvalue weighted by Gasteiger charge is -2.06. The van der Waals surface area contributed by atoms with Gasteiger partial charge >= 0.3 is 5.97 Å². The zero-order valence-electron chi connectivity index (χ0n) is 9.51. The molecule has 2 rings (SSSR count). The molecule has 0 atom stereocenters. The molecule has 2 aromatic rings. The molecule has 0 aliphatic heterocycles. The van der Waals surface area contributed by atoms with E-state index in [2.05, 4.69) is 9.97 Å². The second-order valence-corrected chi connectivity index (χ2v) is 3.80. The Hall–Kier alpha value is -2.30. The highest BCUT2D eigenvalue weighted by Crippen LogP contribution is 2.21. The molecule has 1 aromatic carbocycles. The molecule has 0 fully saturated rings. The third-order valence-corrected chi connectivity index (χ3v) is 2.51. The summed E-state index contributed by atoms with van der Waals surface area (Å²) in [6.45, 7) is 0. The molecule has 0 aliphatic rings. The normalized spacial score (nSPS) is 10.3. The van der Waals surface area contributed by atoms with E-state index in [9.17, 15) is 9.18 Å². The average Bonchev–Trinajstić information content (AvgIpc) is 2.38. The predicted molar refractivity (Wildman–Crippen MR) is 63.4 cm³/mol. The van der Waals surface area contributed by atoms with Crippen molar-refractivity contribution in [1.82, 2.24) is 9.97 Å². The molecule has 0 saturated carbocycles. The van der Waals surface area contributed by atoms with E-state index < -0.39 is 5.97 Å². The summed E-state index contributed by atoms with van der Waals surface area (Å²) in [5.74, 6) is -1.19. The molecule has 18 heavy (non-hydrogen) atoms. The molecule has 0 unspecified atom stereocenters. The third-order valence-electron chi connectivity index (χ3n) is 2.51. The number of hydrogen-bond donors (Lipinski definition) is 1. The molecule has 1 N–H and O–H groups in total. The topological polar surface area (TPSA) is 63.1 Å². The Morgan fingerprint density at radius 2 is 2.00 bits per heavy atom. The molecular weight excluding hydrogens is 235 g/mol. The van der Waals surface area contributed by atoms with Crippen molar-refractivity contribution in [3.05, 3.63) is 48.2 Å². The minimum Gasteiger partial charge on any atom is -0.481 e. The van der Waals surface area contributed by atoms with Crippen LogP contribution in [0.15, 0.2) is 36.8 Å². The van der Waals surface area contributed by atoms with Crippen molar-refractivity contribution >= 4 is 5.97 Å². The van der Waals surface area contributed by atoms with Crippen LogP contribution in [0.4, 0.5) is 4.39 Å². The van der Waals surface area contributed by atoms with Gasteiger partial charge < -0.3 is 5.11 Å².